The van der Waals surface area contributed by atoms with Gasteiger partial charge >= 0.3 is 6.18 Å². The number of carbonyl (C=O) groups excluding carboxylic acids is 1. The van der Waals surface area contributed by atoms with Crippen molar-refractivity contribution in [3.8, 4) is 11.3 Å². The van der Waals surface area contributed by atoms with Gasteiger partial charge in [0, 0.05) is 24.1 Å². The van der Waals surface area contributed by atoms with Crippen LogP contribution < -0.4 is 0 Å². The van der Waals surface area contributed by atoms with Crippen LogP contribution in [0.15, 0.2) is 54.9 Å². The average molecular weight is 475 g/mol. The van der Waals surface area contributed by atoms with Crippen molar-refractivity contribution in [2.45, 2.75) is 42.9 Å². The number of ketones is 1. The third-order valence-electron chi connectivity index (χ3n) is 5.20. The normalized spacial score (nSPS) is 14.3. The number of alkyl halides is 3. The molecule has 0 aliphatic heterocycles. The lowest BCUT2D eigenvalue weighted by molar-refractivity contribution is -0.141. The molecule has 10 heteroatoms. The van der Waals surface area contributed by atoms with Crippen molar-refractivity contribution in [1.29, 1.82) is 0 Å². The third kappa shape index (κ3) is 6.01. The number of sulfone groups is 1. The Bertz CT molecular complexity index is 1270. The van der Waals surface area contributed by atoms with E-state index in [1.54, 1.807) is 42.5 Å². The van der Waals surface area contributed by atoms with Gasteiger partial charge in [0.25, 0.3) is 0 Å². The molecule has 2 aromatic heterocycles. The van der Waals surface area contributed by atoms with Crippen molar-refractivity contribution in [2.24, 2.45) is 0 Å². The van der Waals surface area contributed by atoms with Crippen LogP contribution in [0.2, 0.25) is 0 Å². The van der Waals surface area contributed by atoms with E-state index in [1.807, 2.05) is 0 Å². The van der Waals surface area contributed by atoms with Crippen molar-refractivity contribution in [3.05, 3.63) is 77.5 Å². The van der Waals surface area contributed by atoms with Crippen LogP contribution in [-0.2, 0) is 39.4 Å². The molecule has 1 aliphatic rings. The maximum absolute atomic E-state index is 12.8. The fourth-order valence-corrected chi connectivity index (χ4v) is 5.05. The van der Waals surface area contributed by atoms with Crippen LogP contribution in [0, 0.1) is 0 Å². The van der Waals surface area contributed by atoms with Gasteiger partial charge in [0.2, 0.25) is 0 Å². The Kier molecular flexibility index (Phi) is 6.29. The number of aromatic nitrogens is 3. The first-order chi connectivity index (χ1) is 15.6. The van der Waals surface area contributed by atoms with Crippen molar-refractivity contribution in [3.63, 3.8) is 0 Å². The number of Topliss-reactive ketones (excluding diaryl/α,β-unsaturated/α-hetero) is 1. The molecule has 1 fully saturated rings. The molecule has 2 heterocycles. The maximum atomic E-state index is 12.8. The zero-order chi connectivity index (χ0) is 23.6. The highest BCUT2D eigenvalue weighted by atomic mass is 32.2. The quantitative estimate of drug-likeness (QED) is 0.490. The number of hydrogen-bond acceptors (Lipinski definition) is 6. The molecular formula is C23H20F3N3O3S. The lowest BCUT2D eigenvalue weighted by atomic mass is 10.0. The van der Waals surface area contributed by atoms with Gasteiger partial charge in [-0.15, -0.1) is 0 Å². The molecule has 1 aliphatic carbocycles. The third-order valence-corrected chi connectivity index (χ3v) is 7.39. The predicted molar refractivity (Wildman–Crippen MR) is 115 cm³/mol. The Balaban J connectivity index is 1.39. The van der Waals surface area contributed by atoms with Gasteiger partial charge < -0.3 is 0 Å². The van der Waals surface area contributed by atoms with E-state index in [2.05, 4.69) is 15.0 Å². The van der Waals surface area contributed by atoms with Gasteiger partial charge in [0.15, 0.2) is 15.5 Å². The summed E-state index contributed by atoms with van der Waals surface area (Å²) in [6.07, 6.45) is -1.11. The van der Waals surface area contributed by atoms with Crippen LogP contribution in [0.1, 0.15) is 35.5 Å². The summed E-state index contributed by atoms with van der Waals surface area (Å²) in [4.78, 5) is 24.0. The topological polar surface area (TPSA) is 89.9 Å². The minimum absolute atomic E-state index is 0.0537. The summed E-state index contributed by atoms with van der Waals surface area (Å²) in [6, 6.07) is 11.5. The van der Waals surface area contributed by atoms with Crippen LogP contribution in [0.5, 0.6) is 0 Å². The summed E-state index contributed by atoms with van der Waals surface area (Å²) in [6.45, 7) is 0. The number of carbonyl (C=O) groups is 1. The van der Waals surface area contributed by atoms with E-state index in [-0.39, 0.29) is 35.3 Å². The number of rotatable bonds is 8. The molecule has 0 atom stereocenters. The van der Waals surface area contributed by atoms with Gasteiger partial charge in [-0.05, 0) is 30.5 Å². The lowest BCUT2D eigenvalue weighted by Crippen LogP contribution is -2.13. The van der Waals surface area contributed by atoms with Crippen molar-refractivity contribution in [2.75, 3.05) is 0 Å². The summed E-state index contributed by atoms with van der Waals surface area (Å²) >= 11 is 0. The Labute approximate surface area is 188 Å². The monoisotopic (exact) mass is 475 g/mol. The first-order valence-electron chi connectivity index (χ1n) is 10.3. The molecule has 6 nitrogen and oxygen atoms in total. The molecule has 0 N–H and O–H groups in total. The summed E-state index contributed by atoms with van der Waals surface area (Å²) in [5.74, 6) is -0.240. The van der Waals surface area contributed by atoms with Crippen LogP contribution in [0.3, 0.4) is 0 Å². The zero-order valence-electron chi connectivity index (χ0n) is 17.4. The molecule has 3 aromatic rings. The van der Waals surface area contributed by atoms with E-state index >= 15 is 0 Å². The van der Waals surface area contributed by atoms with Gasteiger partial charge in [-0.1, -0.05) is 30.3 Å². The standard InChI is InChI=1S/C23H20F3N3O3S/c24-23(25,26)22-13-27-12-21(29-22)16-6-4-15(5-7-16)10-19(30)11-17-2-1-3-18(28-17)14-33(31,32)20-8-9-20/h1-7,12-13,20H,8-11,14H2. The van der Waals surface area contributed by atoms with Gasteiger partial charge in [-0.2, -0.15) is 13.2 Å². The van der Waals surface area contributed by atoms with Crippen LogP contribution in [-0.4, -0.2) is 34.4 Å². The first-order valence-corrected chi connectivity index (χ1v) is 12.0. The number of hydrogen-bond donors (Lipinski definition) is 0. The lowest BCUT2D eigenvalue weighted by Gasteiger charge is -2.08. The van der Waals surface area contributed by atoms with E-state index < -0.39 is 21.7 Å². The molecule has 1 saturated carbocycles. The Hall–Kier alpha value is -3.14. The molecule has 33 heavy (non-hydrogen) atoms. The molecule has 172 valence electrons. The van der Waals surface area contributed by atoms with E-state index in [9.17, 15) is 26.4 Å². The van der Waals surface area contributed by atoms with Crippen molar-refractivity contribution in [1.82, 2.24) is 15.0 Å². The molecule has 0 bridgehead atoms. The van der Waals surface area contributed by atoms with Gasteiger partial charge in [0.1, 0.15) is 5.78 Å². The van der Waals surface area contributed by atoms with Crippen LogP contribution in [0.25, 0.3) is 11.3 Å². The number of pyridine rings is 1. The number of nitrogens with zero attached hydrogens (tertiary/aromatic N) is 3. The highest BCUT2D eigenvalue weighted by molar-refractivity contribution is 7.91. The molecule has 0 amide bonds. The molecule has 0 unspecified atom stereocenters. The second kappa shape index (κ2) is 9.01. The SMILES string of the molecule is O=C(Cc1ccc(-c2cncc(C(F)(F)F)n2)cc1)Cc1cccc(CS(=O)(=O)C2CC2)n1. The Morgan fingerprint density at radius 1 is 0.939 bits per heavy atom. The van der Waals surface area contributed by atoms with E-state index in [0.717, 1.165) is 0 Å². The summed E-state index contributed by atoms with van der Waals surface area (Å²) in [7, 11) is -3.19. The molecule has 4 rings (SSSR count). The summed E-state index contributed by atoms with van der Waals surface area (Å²) < 4.78 is 62.8. The Morgan fingerprint density at radius 3 is 2.30 bits per heavy atom. The van der Waals surface area contributed by atoms with Gasteiger partial charge in [-0.25, -0.2) is 13.4 Å². The second-order valence-corrected chi connectivity index (χ2v) is 10.3. The fourth-order valence-electron chi connectivity index (χ4n) is 3.39. The van der Waals surface area contributed by atoms with Gasteiger partial charge in [0.05, 0.1) is 34.8 Å². The van der Waals surface area contributed by atoms with Gasteiger partial charge in [-0.3, -0.25) is 14.8 Å². The minimum Gasteiger partial charge on any atom is -0.299 e. The predicted octanol–water partition coefficient (Wildman–Crippen LogP) is 3.99. The summed E-state index contributed by atoms with van der Waals surface area (Å²) in [5.41, 5.74) is 1.09. The van der Waals surface area contributed by atoms with Crippen molar-refractivity contribution < 1.29 is 26.4 Å². The molecule has 0 radical (unpaired) electrons. The second-order valence-electron chi connectivity index (χ2n) is 8.00. The largest absolute Gasteiger partial charge is 0.434 e. The summed E-state index contributed by atoms with van der Waals surface area (Å²) in [5, 5.41) is -0.269. The van der Waals surface area contributed by atoms with Crippen molar-refractivity contribution >= 4 is 15.6 Å². The van der Waals surface area contributed by atoms with E-state index in [4.69, 9.17) is 0 Å². The minimum atomic E-state index is -4.58. The average Bonchev–Trinajstić information content (AvgIpc) is 3.60. The highest BCUT2D eigenvalue weighted by Gasteiger charge is 2.36. The molecular weight excluding hydrogens is 455 g/mol. The molecule has 1 aromatic carbocycles. The van der Waals surface area contributed by atoms with Crippen LogP contribution >= 0.6 is 0 Å². The number of benzene rings is 1. The van der Waals surface area contributed by atoms with Crippen LogP contribution in [0.4, 0.5) is 13.2 Å². The smallest absolute Gasteiger partial charge is 0.299 e. The molecule has 0 saturated heterocycles. The highest BCUT2D eigenvalue weighted by Crippen LogP contribution is 2.31. The number of halogens is 3. The molecule has 0 spiro atoms. The maximum Gasteiger partial charge on any atom is 0.434 e. The fraction of sp³-hybridized carbons (Fsp3) is 0.304. The first kappa shape index (κ1) is 23.0. The zero-order valence-corrected chi connectivity index (χ0v) is 18.2. The van der Waals surface area contributed by atoms with E-state index in [0.29, 0.717) is 41.6 Å². The van der Waals surface area contributed by atoms with E-state index in [1.165, 1.54) is 6.20 Å². The Morgan fingerprint density at radius 2 is 1.64 bits per heavy atom.